The summed E-state index contributed by atoms with van der Waals surface area (Å²) in [6, 6.07) is 0. The minimum Gasteiger partial charge on any atom is -0.481 e. The van der Waals surface area contributed by atoms with E-state index in [0.717, 1.165) is 24.8 Å². The van der Waals surface area contributed by atoms with Crippen molar-refractivity contribution in [3.63, 3.8) is 0 Å². The first-order valence-electron chi connectivity index (χ1n) is 6.11. The Balaban J connectivity index is 4.16. The smallest absolute Gasteiger partial charge is 0.303 e. The van der Waals surface area contributed by atoms with Crippen LogP contribution in [0.1, 0.15) is 46.0 Å². The van der Waals surface area contributed by atoms with E-state index >= 15 is 0 Å². The summed E-state index contributed by atoms with van der Waals surface area (Å²) in [4.78, 5) is 10.4. The van der Waals surface area contributed by atoms with Gasteiger partial charge in [0.2, 0.25) is 0 Å². The molecule has 1 N–H and O–H groups in total. The molecule has 0 saturated carbocycles. The van der Waals surface area contributed by atoms with Gasteiger partial charge in [0.15, 0.2) is 0 Å². The summed E-state index contributed by atoms with van der Waals surface area (Å²) in [5.41, 5.74) is 2.34. The van der Waals surface area contributed by atoms with Gasteiger partial charge >= 0.3 is 5.97 Å². The molecule has 0 aliphatic rings. The van der Waals surface area contributed by atoms with Crippen LogP contribution in [0.3, 0.4) is 0 Å². The third-order valence-corrected chi connectivity index (χ3v) is 2.90. The fourth-order valence-electron chi connectivity index (χ4n) is 1.63. The van der Waals surface area contributed by atoms with E-state index in [2.05, 4.69) is 19.2 Å². The van der Waals surface area contributed by atoms with Crippen LogP contribution in [-0.2, 0) is 4.79 Å². The lowest BCUT2D eigenvalue weighted by molar-refractivity contribution is -0.136. The van der Waals surface area contributed by atoms with Crippen molar-refractivity contribution in [1.29, 1.82) is 0 Å². The molecule has 0 amide bonds. The van der Waals surface area contributed by atoms with E-state index in [9.17, 15) is 4.79 Å². The zero-order chi connectivity index (χ0) is 13.3. The number of carboxylic acid groups (broad SMARTS) is 1. The lowest BCUT2D eigenvalue weighted by atomic mass is 9.92. The second-order valence-corrected chi connectivity index (χ2v) is 4.59. The van der Waals surface area contributed by atoms with Crippen LogP contribution in [0.2, 0.25) is 0 Å². The van der Waals surface area contributed by atoms with Crippen molar-refractivity contribution in [2.24, 2.45) is 5.92 Å². The number of aliphatic carboxylic acids is 1. The topological polar surface area (TPSA) is 37.3 Å². The van der Waals surface area contributed by atoms with E-state index in [1.807, 2.05) is 19.9 Å². The Morgan fingerprint density at radius 1 is 1.35 bits per heavy atom. The molecule has 2 heteroatoms. The molecular weight excluding hydrogens is 212 g/mol. The van der Waals surface area contributed by atoms with Gasteiger partial charge in [0.05, 0.1) is 0 Å². The molecule has 0 heterocycles. The number of rotatable bonds is 9. The van der Waals surface area contributed by atoms with Gasteiger partial charge in [0, 0.05) is 6.42 Å². The van der Waals surface area contributed by atoms with E-state index < -0.39 is 5.97 Å². The van der Waals surface area contributed by atoms with Gasteiger partial charge in [-0.05, 0) is 45.4 Å². The highest BCUT2D eigenvalue weighted by Crippen LogP contribution is 2.21. The van der Waals surface area contributed by atoms with Crippen molar-refractivity contribution in [2.45, 2.75) is 46.0 Å². The Labute approximate surface area is 105 Å². The first-order valence-corrected chi connectivity index (χ1v) is 6.11. The van der Waals surface area contributed by atoms with Gasteiger partial charge in [0.25, 0.3) is 0 Å². The molecule has 0 aromatic carbocycles. The van der Waals surface area contributed by atoms with Crippen molar-refractivity contribution in [1.82, 2.24) is 0 Å². The van der Waals surface area contributed by atoms with Crippen LogP contribution < -0.4 is 0 Å². The van der Waals surface area contributed by atoms with Gasteiger partial charge in [-0.25, -0.2) is 0 Å². The van der Waals surface area contributed by atoms with Gasteiger partial charge in [0.1, 0.15) is 0 Å². The van der Waals surface area contributed by atoms with Crippen LogP contribution in [0.4, 0.5) is 0 Å². The van der Waals surface area contributed by atoms with E-state index in [0.29, 0.717) is 12.3 Å². The van der Waals surface area contributed by atoms with Crippen LogP contribution in [0, 0.1) is 5.92 Å². The molecule has 0 bridgehead atoms. The molecule has 1 unspecified atom stereocenters. The number of carbonyl (C=O) groups is 1. The van der Waals surface area contributed by atoms with E-state index in [1.54, 1.807) is 0 Å². The normalized spacial score (nSPS) is 13.2. The molecule has 0 aromatic heterocycles. The third-order valence-electron chi connectivity index (χ3n) is 2.90. The molecule has 0 fully saturated rings. The fraction of sp³-hybridized carbons (Fsp3) is 0.533. The van der Waals surface area contributed by atoms with Gasteiger partial charge in [-0.3, -0.25) is 4.79 Å². The molecule has 2 nitrogen and oxygen atoms in total. The van der Waals surface area contributed by atoms with Gasteiger partial charge in [-0.15, -0.1) is 6.58 Å². The maximum Gasteiger partial charge on any atom is 0.303 e. The second-order valence-electron chi connectivity index (χ2n) is 4.59. The predicted octanol–water partition coefficient (Wildman–Crippen LogP) is 4.35. The van der Waals surface area contributed by atoms with E-state index in [4.69, 9.17) is 5.11 Å². The van der Waals surface area contributed by atoms with Crippen LogP contribution in [0.25, 0.3) is 0 Å². The maximum atomic E-state index is 10.4. The number of carboxylic acids is 1. The summed E-state index contributed by atoms with van der Waals surface area (Å²) >= 11 is 0. The third kappa shape index (κ3) is 8.49. The molecule has 96 valence electrons. The number of hydrogen-bond acceptors (Lipinski definition) is 1. The molecule has 1 atom stereocenters. The SMILES string of the molecule is C=CCCC(CC=C(C)CCC(=O)O)C(=C)C. The zero-order valence-corrected chi connectivity index (χ0v) is 11.0. The predicted molar refractivity (Wildman–Crippen MR) is 73.0 cm³/mol. The van der Waals surface area contributed by atoms with Gasteiger partial charge in [-0.2, -0.15) is 0 Å². The second kappa shape index (κ2) is 8.80. The monoisotopic (exact) mass is 236 g/mol. The summed E-state index contributed by atoms with van der Waals surface area (Å²) < 4.78 is 0. The van der Waals surface area contributed by atoms with Gasteiger partial charge in [-0.1, -0.05) is 29.9 Å². The van der Waals surface area contributed by atoms with Crippen molar-refractivity contribution in [2.75, 3.05) is 0 Å². The molecule has 17 heavy (non-hydrogen) atoms. The summed E-state index contributed by atoms with van der Waals surface area (Å²) in [7, 11) is 0. The Hall–Kier alpha value is -1.31. The zero-order valence-electron chi connectivity index (χ0n) is 11.0. The Bertz CT molecular complexity index is 300. The Kier molecular flexibility index (Phi) is 8.12. The molecule has 0 radical (unpaired) electrons. The Morgan fingerprint density at radius 3 is 2.47 bits per heavy atom. The first kappa shape index (κ1) is 15.7. The summed E-state index contributed by atoms with van der Waals surface area (Å²) in [6.45, 7) is 11.8. The largest absolute Gasteiger partial charge is 0.481 e. The standard InChI is InChI=1S/C15H24O2/c1-5-6-7-14(12(2)3)10-8-13(4)9-11-15(16)17/h5,8,14H,1-2,6-7,9-11H2,3-4H3,(H,16,17). The summed E-state index contributed by atoms with van der Waals surface area (Å²) in [5, 5.41) is 8.59. The Morgan fingerprint density at radius 2 is 2.00 bits per heavy atom. The van der Waals surface area contributed by atoms with Crippen LogP contribution in [0.15, 0.2) is 36.5 Å². The number of allylic oxidation sites excluding steroid dienone is 4. The van der Waals surface area contributed by atoms with Crippen molar-refractivity contribution >= 4 is 5.97 Å². The number of hydrogen-bond donors (Lipinski definition) is 1. The lowest BCUT2D eigenvalue weighted by Gasteiger charge is -2.14. The lowest BCUT2D eigenvalue weighted by Crippen LogP contribution is -2.00. The fourth-order valence-corrected chi connectivity index (χ4v) is 1.63. The highest BCUT2D eigenvalue weighted by molar-refractivity contribution is 5.66. The molecule has 0 aromatic rings. The van der Waals surface area contributed by atoms with E-state index in [-0.39, 0.29) is 6.42 Å². The highest BCUT2D eigenvalue weighted by Gasteiger charge is 2.07. The first-order chi connectivity index (χ1) is 7.97. The highest BCUT2D eigenvalue weighted by atomic mass is 16.4. The van der Waals surface area contributed by atoms with Crippen molar-refractivity contribution in [3.05, 3.63) is 36.5 Å². The molecule has 0 aliphatic heterocycles. The minimum absolute atomic E-state index is 0.215. The summed E-state index contributed by atoms with van der Waals surface area (Å²) in [6.07, 6.45) is 7.95. The van der Waals surface area contributed by atoms with Crippen LogP contribution in [-0.4, -0.2) is 11.1 Å². The van der Waals surface area contributed by atoms with Gasteiger partial charge < -0.3 is 5.11 Å². The molecule has 0 saturated heterocycles. The van der Waals surface area contributed by atoms with Crippen molar-refractivity contribution in [3.8, 4) is 0 Å². The van der Waals surface area contributed by atoms with E-state index in [1.165, 1.54) is 5.57 Å². The molecule has 0 aliphatic carbocycles. The van der Waals surface area contributed by atoms with Crippen molar-refractivity contribution < 1.29 is 9.90 Å². The average Bonchev–Trinajstić information content (AvgIpc) is 2.25. The van der Waals surface area contributed by atoms with Crippen LogP contribution in [0.5, 0.6) is 0 Å². The maximum absolute atomic E-state index is 10.4. The minimum atomic E-state index is -0.735. The molecular formula is C15H24O2. The average molecular weight is 236 g/mol. The molecule has 0 rings (SSSR count). The molecule has 0 spiro atoms. The summed E-state index contributed by atoms with van der Waals surface area (Å²) in [5.74, 6) is -0.256. The quantitative estimate of drug-likeness (QED) is 0.604. The van der Waals surface area contributed by atoms with Crippen LogP contribution >= 0.6 is 0 Å².